The zero-order valence-electron chi connectivity index (χ0n) is 16.6. The van der Waals surface area contributed by atoms with E-state index in [4.69, 9.17) is 4.74 Å². The largest absolute Gasteiger partial charge is 0.497 e. The molecule has 0 saturated heterocycles. The number of carbonyl (C=O) groups is 2. The summed E-state index contributed by atoms with van der Waals surface area (Å²) in [4.78, 5) is 26.2. The molecule has 0 aliphatic heterocycles. The summed E-state index contributed by atoms with van der Waals surface area (Å²) in [5, 5.41) is 8.64. The summed E-state index contributed by atoms with van der Waals surface area (Å²) < 4.78 is 5.15. The maximum atomic E-state index is 12.7. The third-order valence-electron chi connectivity index (χ3n) is 4.21. The van der Waals surface area contributed by atoms with Crippen molar-refractivity contribution in [1.82, 2.24) is 10.7 Å². The van der Waals surface area contributed by atoms with E-state index in [0.29, 0.717) is 11.3 Å². The predicted octanol–water partition coefficient (Wildman–Crippen LogP) is 3.99. The minimum atomic E-state index is -0.527. The van der Waals surface area contributed by atoms with Crippen LogP contribution < -0.4 is 15.5 Å². The van der Waals surface area contributed by atoms with Crippen LogP contribution in [0.4, 0.5) is 0 Å². The van der Waals surface area contributed by atoms with E-state index < -0.39 is 5.91 Å². The Bertz CT molecular complexity index is 1070. The smallest absolute Gasteiger partial charge is 0.287 e. The van der Waals surface area contributed by atoms with Crippen molar-refractivity contribution in [1.29, 1.82) is 0 Å². The molecule has 0 saturated carbocycles. The zero-order chi connectivity index (χ0) is 21.3. The van der Waals surface area contributed by atoms with E-state index in [2.05, 4.69) is 15.8 Å². The number of nitrogens with one attached hydrogen (secondary N) is 2. The van der Waals surface area contributed by atoms with Gasteiger partial charge in [0.1, 0.15) is 11.4 Å². The molecule has 7 heteroatoms. The number of benzene rings is 2. The third kappa shape index (κ3) is 5.65. The van der Waals surface area contributed by atoms with Gasteiger partial charge in [-0.15, -0.1) is 11.3 Å². The van der Waals surface area contributed by atoms with Gasteiger partial charge in [-0.05, 0) is 59.8 Å². The second-order valence-electron chi connectivity index (χ2n) is 6.32. The second-order valence-corrected chi connectivity index (χ2v) is 7.27. The third-order valence-corrected chi connectivity index (χ3v) is 5.16. The molecule has 152 valence electrons. The van der Waals surface area contributed by atoms with Gasteiger partial charge in [-0.2, -0.15) is 5.10 Å². The predicted molar refractivity (Wildman–Crippen MR) is 120 cm³/mol. The molecule has 0 unspecified atom stereocenters. The summed E-state index contributed by atoms with van der Waals surface area (Å²) in [5.74, 6) is -0.216. The molecule has 0 spiro atoms. The van der Waals surface area contributed by atoms with Crippen LogP contribution in [0.25, 0.3) is 6.08 Å². The van der Waals surface area contributed by atoms with Crippen LogP contribution in [-0.4, -0.2) is 25.1 Å². The Morgan fingerprint density at radius 1 is 1.03 bits per heavy atom. The fraction of sp³-hybridized carbons (Fsp3) is 0.0870. The number of hydrogen-bond donors (Lipinski definition) is 2. The first-order valence-electron chi connectivity index (χ1n) is 9.16. The van der Waals surface area contributed by atoms with Crippen molar-refractivity contribution in [3.8, 4) is 5.75 Å². The van der Waals surface area contributed by atoms with E-state index in [1.54, 1.807) is 67.9 Å². The Morgan fingerprint density at radius 3 is 2.40 bits per heavy atom. The van der Waals surface area contributed by atoms with E-state index in [0.717, 1.165) is 16.0 Å². The van der Waals surface area contributed by atoms with Gasteiger partial charge in [-0.1, -0.05) is 30.3 Å². The highest BCUT2D eigenvalue weighted by Crippen LogP contribution is 2.14. The van der Waals surface area contributed by atoms with Crippen molar-refractivity contribution < 1.29 is 14.3 Å². The lowest BCUT2D eigenvalue weighted by Gasteiger charge is -2.09. The van der Waals surface area contributed by atoms with E-state index in [1.807, 2.05) is 24.4 Å². The Balaban J connectivity index is 1.81. The molecule has 2 aromatic carbocycles. The van der Waals surface area contributed by atoms with Crippen LogP contribution in [0, 0.1) is 6.92 Å². The first-order chi connectivity index (χ1) is 14.6. The first-order valence-corrected chi connectivity index (χ1v) is 10.0. The van der Waals surface area contributed by atoms with Crippen LogP contribution in [-0.2, 0) is 4.79 Å². The molecule has 0 bridgehead atoms. The summed E-state index contributed by atoms with van der Waals surface area (Å²) in [7, 11) is 1.58. The average Bonchev–Trinajstić information content (AvgIpc) is 3.19. The van der Waals surface area contributed by atoms with Crippen LogP contribution in [0.15, 0.2) is 76.8 Å². The maximum Gasteiger partial charge on any atom is 0.287 e. The molecule has 1 aromatic heterocycles. The Kier molecular flexibility index (Phi) is 7.13. The number of hydrogen-bond acceptors (Lipinski definition) is 5. The van der Waals surface area contributed by atoms with E-state index in [-0.39, 0.29) is 11.6 Å². The Hall–Kier alpha value is -3.71. The SMILES string of the molecule is COc1ccc(/C=C(\NC(=O)c2ccccc2)C(=O)NN=Cc2sccc2C)cc1. The number of rotatable bonds is 7. The maximum absolute atomic E-state index is 12.7. The molecule has 0 atom stereocenters. The number of carbonyl (C=O) groups excluding carboxylic acids is 2. The van der Waals surface area contributed by atoms with Crippen LogP contribution in [0.3, 0.4) is 0 Å². The average molecular weight is 420 g/mol. The number of hydrazone groups is 1. The van der Waals surface area contributed by atoms with E-state index in [9.17, 15) is 9.59 Å². The molecule has 0 fully saturated rings. The normalized spacial score (nSPS) is 11.3. The Morgan fingerprint density at radius 2 is 1.77 bits per heavy atom. The number of aryl methyl sites for hydroxylation is 1. The molecule has 0 aliphatic carbocycles. The zero-order valence-corrected chi connectivity index (χ0v) is 17.4. The van der Waals surface area contributed by atoms with Crippen molar-refractivity contribution in [2.75, 3.05) is 7.11 Å². The molecule has 2 amide bonds. The second kappa shape index (κ2) is 10.2. The van der Waals surface area contributed by atoms with Crippen LogP contribution in [0.1, 0.15) is 26.4 Å². The molecule has 1 heterocycles. The monoisotopic (exact) mass is 419 g/mol. The Labute approximate surface area is 178 Å². The standard InChI is InChI=1S/C23H21N3O3S/c1-16-12-13-30-21(16)15-24-26-23(28)20(14-17-8-10-19(29-2)11-9-17)25-22(27)18-6-4-3-5-7-18/h3-15H,1-2H3,(H,25,27)(H,26,28)/b20-14-,24-15?. The highest BCUT2D eigenvalue weighted by molar-refractivity contribution is 7.11. The van der Waals surface area contributed by atoms with Crippen LogP contribution in [0.2, 0.25) is 0 Å². The lowest BCUT2D eigenvalue weighted by atomic mass is 10.1. The van der Waals surface area contributed by atoms with Crippen molar-refractivity contribution in [2.45, 2.75) is 6.92 Å². The van der Waals surface area contributed by atoms with Crippen molar-refractivity contribution in [2.24, 2.45) is 5.10 Å². The van der Waals surface area contributed by atoms with E-state index >= 15 is 0 Å². The highest BCUT2D eigenvalue weighted by atomic mass is 32.1. The fourth-order valence-corrected chi connectivity index (χ4v) is 3.32. The number of methoxy groups -OCH3 is 1. The van der Waals surface area contributed by atoms with Crippen molar-refractivity contribution in [3.05, 3.63) is 93.3 Å². The van der Waals surface area contributed by atoms with Gasteiger partial charge >= 0.3 is 0 Å². The minimum Gasteiger partial charge on any atom is -0.497 e. The van der Waals surface area contributed by atoms with Crippen LogP contribution in [0.5, 0.6) is 5.75 Å². The van der Waals surface area contributed by atoms with Gasteiger partial charge in [0, 0.05) is 10.4 Å². The van der Waals surface area contributed by atoms with Crippen molar-refractivity contribution in [3.63, 3.8) is 0 Å². The topological polar surface area (TPSA) is 79.8 Å². The van der Waals surface area contributed by atoms with Gasteiger partial charge in [-0.25, -0.2) is 5.43 Å². The summed E-state index contributed by atoms with van der Waals surface area (Å²) in [6.07, 6.45) is 3.17. The molecular formula is C23H21N3O3S. The summed E-state index contributed by atoms with van der Waals surface area (Å²) in [6, 6.07) is 17.8. The molecule has 30 heavy (non-hydrogen) atoms. The summed E-state index contributed by atoms with van der Waals surface area (Å²) in [6.45, 7) is 1.97. The van der Waals surface area contributed by atoms with Crippen LogP contribution >= 0.6 is 11.3 Å². The van der Waals surface area contributed by atoms with E-state index in [1.165, 1.54) is 11.3 Å². The fourth-order valence-electron chi connectivity index (χ4n) is 2.54. The number of thiophene rings is 1. The van der Waals surface area contributed by atoms with Gasteiger partial charge in [0.2, 0.25) is 0 Å². The van der Waals surface area contributed by atoms with Gasteiger partial charge in [0.25, 0.3) is 11.8 Å². The van der Waals surface area contributed by atoms with Gasteiger partial charge in [0.15, 0.2) is 0 Å². The molecule has 6 nitrogen and oxygen atoms in total. The quantitative estimate of drug-likeness (QED) is 0.345. The van der Waals surface area contributed by atoms with Gasteiger partial charge < -0.3 is 10.1 Å². The van der Waals surface area contributed by atoms with Crippen molar-refractivity contribution >= 4 is 35.4 Å². The summed E-state index contributed by atoms with van der Waals surface area (Å²) in [5.41, 5.74) is 4.81. The molecular weight excluding hydrogens is 398 g/mol. The first kappa shape index (κ1) is 21.0. The number of amides is 2. The molecule has 3 aromatic rings. The number of nitrogens with zero attached hydrogens (tertiary/aromatic N) is 1. The molecule has 0 aliphatic rings. The molecule has 2 N–H and O–H groups in total. The molecule has 3 rings (SSSR count). The minimum absolute atomic E-state index is 0.0778. The lowest BCUT2D eigenvalue weighted by Crippen LogP contribution is -2.32. The van der Waals surface area contributed by atoms with Gasteiger partial charge in [0.05, 0.1) is 13.3 Å². The highest BCUT2D eigenvalue weighted by Gasteiger charge is 2.14. The lowest BCUT2D eigenvalue weighted by molar-refractivity contribution is -0.117. The summed E-state index contributed by atoms with van der Waals surface area (Å²) >= 11 is 1.53. The van der Waals surface area contributed by atoms with Gasteiger partial charge in [-0.3, -0.25) is 9.59 Å². The number of ether oxygens (including phenoxy) is 1. The molecule has 0 radical (unpaired) electrons.